The van der Waals surface area contributed by atoms with Gasteiger partial charge in [-0.2, -0.15) is 0 Å². The molecule has 0 saturated heterocycles. The molecule has 0 atom stereocenters. The summed E-state index contributed by atoms with van der Waals surface area (Å²) in [6.07, 6.45) is 1.50. The van der Waals surface area contributed by atoms with Crippen LogP contribution in [-0.2, 0) is 9.59 Å². The van der Waals surface area contributed by atoms with E-state index in [-0.39, 0.29) is 18.2 Å². The van der Waals surface area contributed by atoms with Gasteiger partial charge in [0.1, 0.15) is 0 Å². The lowest BCUT2D eigenvalue weighted by atomic mass is 10.2. The van der Waals surface area contributed by atoms with Crippen LogP contribution in [0, 0.1) is 6.92 Å². The molecule has 0 aliphatic carbocycles. The van der Waals surface area contributed by atoms with Gasteiger partial charge in [0.15, 0.2) is 0 Å². The van der Waals surface area contributed by atoms with Gasteiger partial charge in [0, 0.05) is 30.1 Å². The highest BCUT2D eigenvalue weighted by Crippen LogP contribution is 2.22. The highest BCUT2D eigenvalue weighted by Gasteiger charge is 2.07. The molecular weight excluding hydrogens is 290 g/mol. The second-order valence-corrected chi connectivity index (χ2v) is 5.17. The van der Waals surface area contributed by atoms with Crippen molar-refractivity contribution in [1.29, 1.82) is 0 Å². The predicted octanol–water partition coefficient (Wildman–Crippen LogP) is 2.09. The maximum absolute atomic E-state index is 11.8. The first-order valence-corrected chi connectivity index (χ1v) is 7.38. The van der Waals surface area contributed by atoms with Gasteiger partial charge in [-0.3, -0.25) is 9.59 Å². The largest absolute Gasteiger partial charge is 0.356 e. The summed E-state index contributed by atoms with van der Waals surface area (Å²) < 4.78 is 0. The molecule has 0 unspecified atom stereocenters. The molecule has 0 fully saturated rings. The Morgan fingerprint density at radius 1 is 1.14 bits per heavy atom. The van der Waals surface area contributed by atoms with Crippen molar-refractivity contribution in [2.75, 3.05) is 25.5 Å². The van der Waals surface area contributed by atoms with Crippen molar-refractivity contribution in [3.63, 3.8) is 0 Å². The van der Waals surface area contributed by atoms with Crippen molar-refractivity contribution < 1.29 is 9.59 Å². The standard InChI is InChI=1S/C15H22ClN3O2/c1-11-12(16)5-3-6-13(11)19-15(21)8-10-18-14(20)7-4-9-17-2/h3,5-6,17H,4,7-10H2,1-2H3,(H,18,20)(H,19,21). The average molecular weight is 312 g/mol. The van der Waals surface area contributed by atoms with E-state index in [4.69, 9.17) is 11.6 Å². The molecule has 0 radical (unpaired) electrons. The number of hydrogen-bond donors (Lipinski definition) is 3. The molecule has 0 saturated carbocycles. The van der Waals surface area contributed by atoms with Crippen molar-refractivity contribution in [3.8, 4) is 0 Å². The zero-order chi connectivity index (χ0) is 15.7. The Morgan fingerprint density at radius 2 is 1.90 bits per heavy atom. The molecular formula is C15H22ClN3O2. The highest BCUT2D eigenvalue weighted by molar-refractivity contribution is 6.31. The minimum atomic E-state index is -0.143. The maximum Gasteiger partial charge on any atom is 0.226 e. The van der Waals surface area contributed by atoms with Crippen molar-refractivity contribution in [2.45, 2.75) is 26.2 Å². The predicted molar refractivity (Wildman–Crippen MR) is 85.6 cm³/mol. The Bertz CT molecular complexity index is 492. The van der Waals surface area contributed by atoms with Crippen molar-refractivity contribution in [1.82, 2.24) is 10.6 Å². The number of halogens is 1. The number of nitrogens with one attached hydrogen (secondary N) is 3. The summed E-state index contributed by atoms with van der Waals surface area (Å²) in [7, 11) is 1.85. The Hall–Kier alpha value is -1.59. The molecule has 3 N–H and O–H groups in total. The minimum absolute atomic E-state index is 0.0306. The first-order valence-electron chi connectivity index (χ1n) is 7.01. The van der Waals surface area contributed by atoms with Crippen LogP contribution >= 0.6 is 11.6 Å². The van der Waals surface area contributed by atoms with Gasteiger partial charge in [0.2, 0.25) is 11.8 Å². The smallest absolute Gasteiger partial charge is 0.226 e. The van der Waals surface area contributed by atoms with Crippen LogP contribution < -0.4 is 16.0 Å². The van der Waals surface area contributed by atoms with Gasteiger partial charge in [-0.15, -0.1) is 0 Å². The first-order chi connectivity index (χ1) is 10.0. The van der Waals surface area contributed by atoms with Crippen molar-refractivity contribution in [3.05, 3.63) is 28.8 Å². The van der Waals surface area contributed by atoms with Gasteiger partial charge in [-0.25, -0.2) is 0 Å². The molecule has 0 aliphatic heterocycles. The first kappa shape index (κ1) is 17.5. The van der Waals surface area contributed by atoms with E-state index in [1.54, 1.807) is 18.2 Å². The topological polar surface area (TPSA) is 70.2 Å². The summed E-state index contributed by atoms with van der Waals surface area (Å²) in [6, 6.07) is 5.36. The lowest BCUT2D eigenvalue weighted by Gasteiger charge is -2.10. The number of benzene rings is 1. The number of rotatable bonds is 8. The molecule has 116 valence electrons. The van der Waals surface area contributed by atoms with Crippen LogP contribution in [-0.4, -0.2) is 32.0 Å². The molecule has 6 heteroatoms. The van der Waals surface area contributed by atoms with Crippen LogP contribution in [0.3, 0.4) is 0 Å². The lowest BCUT2D eigenvalue weighted by molar-refractivity contribution is -0.121. The van der Waals surface area contributed by atoms with E-state index in [1.807, 2.05) is 14.0 Å². The molecule has 1 aromatic rings. The molecule has 21 heavy (non-hydrogen) atoms. The van der Waals surface area contributed by atoms with Crippen LogP contribution in [0.15, 0.2) is 18.2 Å². The van der Waals surface area contributed by atoms with Gasteiger partial charge < -0.3 is 16.0 Å². The van der Waals surface area contributed by atoms with E-state index in [2.05, 4.69) is 16.0 Å². The molecule has 1 aromatic carbocycles. The van der Waals surface area contributed by atoms with Crippen LogP contribution in [0.2, 0.25) is 5.02 Å². The van der Waals surface area contributed by atoms with E-state index in [0.717, 1.165) is 18.5 Å². The van der Waals surface area contributed by atoms with Crippen molar-refractivity contribution >= 4 is 29.1 Å². The van der Waals surface area contributed by atoms with Crippen LogP contribution in [0.4, 0.5) is 5.69 Å². The quantitative estimate of drug-likeness (QED) is 0.644. The van der Waals surface area contributed by atoms with Gasteiger partial charge in [0.05, 0.1) is 0 Å². The third-order valence-corrected chi connectivity index (χ3v) is 3.46. The van der Waals surface area contributed by atoms with Crippen LogP contribution in [0.5, 0.6) is 0 Å². The SMILES string of the molecule is CNCCCC(=O)NCCC(=O)Nc1cccc(Cl)c1C. The normalized spacial score (nSPS) is 10.2. The van der Waals surface area contributed by atoms with Crippen LogP contribution in [0.1, 0.15) is 24.8 Å². The Labute approximate surface area is 130 Å². The highest BCUT2D eigenvalue weighted by atomic mass is 35.5. The third kappa shape index (κ3) is 6.60. The Balaban J connectivity index is 2.28. The number of carbonyl (C=O) groups excluding carboxylic acids is 2. The molecule has 0 aromatic heterocycles. The molecule has 0 bridgehead atoms. The number of carbonyl (C=O) groups is 2. The van der Waals surface area contributed by atoms with E-state index in [0.29, 0.717) is 23.7 Å². The van der Waals surface area contributed by atoms with Crippen LogP contribution in [0.25, 0.3) is 0 Å². The van der Waals surface area contributed by atoms with E-state index in [9.17, 15) is 9.59 Å². The Kier molecular flexibility index (Phi) is 7.79. The maximum atomic E-state index is 11.8. The van der Waals surface area contributed by atoms with Gasteiger partial charge in [-0.05, 0) is 44.6 Å². The summed E-state index contributed by atoms with van der Waals surface area (Å²) in [4.78, 5) is 23.3. The zero-order valence-corrected chi connectivity index (χ0v) is 13.2. The van der Waals surface area contributed by atoms with E-state index >= 15 is 0 Å². The van der Waals surface area contributed by atoms with Gasteiger partial charge in [0.25, 0.3) is 0 Å². The third-order valence-electron chi connectivity index (χ3n) is 3.05. The summed E-state index contributed by atoms with van der Waals surface area (Å²) in [5.41, 5.74) is 1.54. The molecule has 0 spiro atoms. The molecule has 5 nitrogen and oxygen atoms in total. The second-order valence-electron chi connectivity index (χ2n) is 4.77. The summed E-state index contributed by atoms with van der Waals surface area (Å²) in [6.45, 7) is 2.99. The van der Waals surface area contributed by atoms with Crippen molar-refractivity contribution in [2.24, 2.45) is 0 Å². The fraction of sp³-hybridized carbons (Fsp3) is 0.467. The second kappa shape index (κ2) is 9.37. The van der Waals surface area contributed by atoms with E-state index < -0.39 is 0 Å². The average Bonchev–Trinajstić information content (AvgIpc) is 2.44. The number of hydrogen-bond acceptors (Lipinski definition) is 3. The number of anilines is 1. The summed E-state index contributed by atoms with van der Waals surface area (Å²) in [5.74, 6) is -0.173. The monoisotopic (exact) mass is 311 g/mol. The zero-order valence-electron chi connectivity index (χ0n) is 12.5. The molecule has 1 rings (SSSR count). The van der Waals surface area contributed by atoms with Gasteiger partial charge in [-0.1, -0.05) is 17.7 Å². The minimum Gasteiger partial charge on any atom is -0.356 e. The molecule has 0 heterocycles. The fourth-order valence-electron chi connectivity index (χ4n) is 1.79. The number of amides is 2. The summed E-state index contributed by atoms with van der Waals surface area (Å²) >= 11 is 5.99. The van der Waals surface area contributed by atoms with Gasteiger partial charge >= 0.3 is 0 Å². The molecule has 2 amide bonds. The summed E-state index contributed by atoms with van der Waals surface area (Å²) in [5, 5.41) is 9.12. The lowest BCUT2D eigenvalue weighted by Crippen LogP contribution is -2.28. The van der Waals surface area contributed by atoms with E-state index in [1.165, 1.54) is 0 Å². The Morgan fingerprint density at radius 3 is 2.62 bits per heavy atom. The molecule has 0 aliphatic rings. The fourth-order valence-corrected chi connectivity index (χ4v) is 1.96.